The average molecular weight is 463 g/mol. The molecule has 0 spiro atoms. The molecule has 0 fully saturated rings. The Balaban J connectivity index is 2.44. The number of fused-ring (bicyclic) bond motifs is 1. The third-order valence-corrected chi connectivity index (χ3v) is 5.72. The Kier molecular flexibility index (Phi) is 9.52. The van der Waals surface area contributed by atoms with Gasteiger partial charge in [-0.25, -0.2) is 4.79 Å². The highest BCUT2D eigenvalue weighted by molar-refractivity contribution is 5.98. The monoisotopic (exact) mass is 462 g/mol. The maximum Gasteiger partial charge on any atom is 0.317 e. The summed E-state index contributed by atoms with van der Waals surface area (Å²) in [6.07, 6.45) is 0.0834. The number of anilines is 1. The molecular weight excluding hydrogens is 424 g/mol. The van der Waals surface area contributed by atoms with Crippen LogP contribution >= 0.6 is 0 Å². The van der Waals surface area contributed by atoms with E-state index in [1.54, 1.807) is 49.1 Å². The molecule has 2 rings (SSSR count). The number of methoxy groups -OCH3 is 1. The SMILES string of the molecule is CCC(=O)Nc1ccc2c(c1)OC[C@H](C)N(C(=O)NC(C)C)C[C@H](C)[C@H](OC)CN(C)C2=O. The van der Waals surface area contributed by atoms with Crippen LogP contribution < -0.4 is 15.4 Å². The van der Waals surface area contributed by atoms with Crippen LogP contribution in [0.3, 0.4) is 0 Å². The van der Waals surface area contributed by atoms with E-state index < -0.39 is 0 Å². The molecule has 2 N–H and O–H groups in total. The van der Waals surface area contributed by atoms with E-state index in [0.29, 0.717) is 36.5 Å². The first-order valence-electron chi connectivity index (χ1n) is 11.5. The minimum Gasteiger partial charge on any atom is -0.491 e. The summed E-state index contributed by atoms with van der Waals surface area (Å²) >= 11 is 0. The van der Waals surface area contributed by atoms with Crippen LogP contribution in [0.5, 0.6) is 5.75 Å². The Labute approximate surface area is 196 Å². The fourth-order valence-corrected chi connectivity index (χ4v) is 3.71. The van der Waals surface area contributed by atoms with Crippen LogP contribution in [0.2, 0.25) is 0 Å². The first kappa shape index (κ1) is 26.4. The normalized spacial score (nSPS) is 22.1. The van der Waals surface area contributed by atoms with E-state index in [0.717, 1.165) is 0 Å². The standard InChI is InChI=1S/C24H38N4O5/c1-8-22(29)26-18-9-10-19-20(11-18)33-14-17(5)28(24(31)25-15(2)3)12-16(4)21(32-7)13-27(6)23(19)30/h9-11,15-17,21H,8,12-14H2,1-7H3,(H,25,31)(H,26,29)/t16-,17-,21+/m0/s1. The fourth-order valence-electron chi connectivity index (χ4n) is 3.71. The van der Waals surface area contributed by atoms with Gasteiger partial charge >= 0.3 is 6.03 Å². The van der Waals surface area contributed by atoms with Crippen molar-refractivity contribution >= 4 is 23.5 Å². The van der Waals surface area contributed by atoms with Crippen molar-refractivity contribution in [3.05, 3.63) is 23.8 Å². The zero-order valence-electron chi connectivity index (χ0n) is 20.8. The Hall–Kier alpha value is -2.81. The topological polar surface area (TPSA) is 100 Å². The summed E-state index contributed by atoms with van der Waals surface area (Å²) in [5.74, 6) is 0.0131. The highest BCUT2D eigenvalue weighted by Crippen LogP contribution is 2.27. The number of nitrogens with zero attached hydrogens (tertiary/aromatic N) is 2. The Morgan fingerprint density at radius 3 is 2.55 bits per heavy atom. The molecule has 0 aromatic heterocycles. The number of hydrogen-bond acceptors (Lipinski definition) is 5. The summed E-state index contributed by atoms with van der Waals surface area (Å²) in [5.41, 5.74) is 0.939. The lowest BCUT2D eigenvalue weighted by Gasteiger charge is -2.36. The van der Waals surface area contributed by atoms with Gasteiger partial charge in [0, 0.05) is 57.4 Å². The molecule has 0 aliphatic carbocycles. The number of likely N-dealkylation sites (N-methyl/N-ethyl adjacent to an activating group) is 1. The van der Waals surface area contributed by atoms with Gasteiger partial charge in [0.1, 0.15) is 12.4 Å². The zero-order chi connectivity index (χ0) is 24.7. The van der Waals surface area contributed by atoms with Crippen molar-refractivity contribution in [2.75, 3.05) is 39.2 Å². The van der Waals surface area contributed by atoms with Crippen molar-refractivity contribution in [2.24, 2.45) is 5.92 Å². The predicted octanol–water partition coefficient (Wildman–Crippen LogP) is 2.96. The smallest absolute Gasteiger partial charge is 0.317 e. The summed E-state index contributed by atoms with van der Waals surface area (Å²) in [7, 11) is 3.34. The molecule has 0 saturated carbocycles. The van der Waals surface area contributed by atoms with Gasteiger partial charge in [0.25, 0.3) is 5.91 Å². The van der Waals surface area contributed by atoms with Gasteiger partial charge in [0.15, 0.2) is 0 Å². The van der Waals surface area contributed by atoms with Crippen molar-refractivity contribution in [2.45, 2.75) is 59.2 Å². The van der Waals surface area contributed by atoms with Gasteiger partial charge in [-0.05, 0) is 32.9 Å². The van der Waals surface area contributed by atoms with Crippen LogP contribution in [-0.4, -0.2) is 79.7 Å². The number of rotatable bonds is 4. The largest absolute Gasteiger partial charge is 0.491 e. The summed E-state index contributed by atoms with van der Waals surface area (Å²) in [5, 5.41) is 5.76. The van der Waals surface area contributed by atoms with Crippen molar-refractivity contribution in [1.82, 2.24) is 15.1 Å². The molecule has 184 valence electrons. The molecule has 0 bridgehead atoms. The van der Waals surface area contributed by atoms with Gasteiger partial charge in [-0.1, -0.05) is 13.8 Å². The molecule has 1 aromatic carbocycles. The van der Waals surface area contributed by atoms with Crippen molar-refractivity contribution < 1.29 is 23.9 Å². The molecule has 0 unspecified atom stereocenters. The van der Waals surface area contributed by atoms with Gasteiger partial charge in [-0.3, -0.25) is 9.59 Å². The van der Waals surface area contributed by atoms with E-state index in [9.17, 15) is 14.4 Å². The summed E-state index contributed by atoms with van der Waals surface area (Å²) in [6, 6.07) is 4.56. The van der Waals surface area contributed by atoms with E-state index in [2.05, 4.69) is 10.6 Å². The molecule has 9 nitrogen and oxygen atoms in total. The molecule has 9 heteroatoms. The number of benzene rings is 1. The average Bonchev–Trinajstić information content (AvgIpc) is 2.77. The third-order valence-electron chi connectivity index (χ3n) is 5.72. The number of ether oxygens (including phenoxy) is 2. The molecule has 0 saturated heterocycles. The van der Waals surface area contributed by atoms with Gasteiger partial charge in [0.05, 0.1) is 17.7 Å². The minimum atomic E-state index is -0.266. The van der Waals surface area contributed by atoms with Crippen LogP contribution in [0, 0.1) is 5.92 Å². The van der Waals surface area contributed by atoms with Crippen LogP contribution in [0.25, 0.3) is 0 Å². The van der Waals surface area contributed by atoms with Crippen molar-refractivity contribution in [3.8, 4) is 5.75 Å². The maximum absolute atomic E-state index is 13.2. The highest BCUT2D eigenvalue weighted by Gasteiger charge is 2.30. The highest BCUT2D eigenvalue weighted by atomic mass is 16.5. The van der Waals surface area contributed by atoms with Gasteiger partial charge in [-0.2, -0.15) is 0 Å². The summed E-state index contributed by atoms with van der Waals surface area (Å²) < 4.78 is 11.8. The zero-order valence-corrected chi connectivity index (χ0v) is 20.8. The van der Waals surface area contributed by atoms with E-state index in [1.165, 1.54) is 0 Å². The fraction of sp³-hybridized carbons (Fsp3) is 0.625. The second-order valence-electron chi connectivity index (χ2n) is 8.97. The number of amides is 4. The van der Waals surface area contributed by atoms with Crippen molar-refractivity contribution in [1.29, 1.82) is 0 Å². The first-order valence-corrected chi connectivity index (χ1v) is 11.5. The Morgan fingerprint density at radius 1 is 1.24 bits per heavy atom. The molecular formula is C24H38N4O5. The van der Waals surface area contributed by atoms with Gasteiger partial charge < -0.3 is 29.9 Å². The summed E-state index contributed by atoms with van der Waals surface area (Å²) in [4.78, 5) is 41.4. The lowest BCUT2D eigenvalue weighted by molar-refractivity contribution is -0.115. The molecule has 1 heterocycles. The Morgan fingerprint density at radius 2 is 1.94 bits per heavy atom. The maximum atomic E-state index is 13.2. The van der Waals surface area contributed by atoms with Crippen molar-refractivity contribution in [3.63, 3.8) is 0 Å². The third kappa shape index (κ3) is 7.08. The van der Waals surface area contributed by atoms with Crippen LogP contribution in [0.15, 0.2) is 18.2 Å². The molecule has 4 amide bonds. The van der Waals surface area contributed by atoms with Crippen LogP contribution in [-0.2, 0) is 9.53 Å². The predicted molar refractivity (Wildman–Crippen MR) is 128 cm³/mol. The van der Waals surface area contributed by atoms with E-state index in [1.807, 2.05) is 27.7 Å². The Bertz CT molecular complexity index is 844. The molecule has 1 aromatic rings. The lowest BCUT2D eigenvalue weighted by atomic mass is 10.0. The van der Waals surface area contributed by atoms with Gasteiger partial charge in [-0.15, -0.1) is 0 Å². The molecule has 0 radical (unpaired) electrons. The minimum absolute atomic E-state index is 0.00486. The molecule has 3 atom stereocenters. The van der Waals surface area contributed by atoms with Crippen LogP contribution in [0.1, 0.15) is 51.4 Å². The summed E-state index contributed by atoms with van der Waals surface area (Å²) in [6.45, 7) is 10.5. The number of carbonyl (C=O) groups is 3. The van der Waals surface area contributed by atoms with Gasteiger partial charge in [0.2, 0.25) is 5.91 Å². The van der Waals surface area contributed by atoms with E-state index in [-0.39, 0.29) is 48.6 Å². The van der Waals surface area contributed by atoms with Crippen LogP contribution in [0.4, 0.5) is 10.5 Å². The van der Waals surface area contributed by atoms with E-state index in [4.69, 9.17) is 9.47 Å². The number of urea groups is 1. The number of carbonyl (C=O) groups excluding carboxylic acids is 3. The number of hydrogen-bond donors (Lipinski definition) is 2. The second-order valence-corrected chi connectivity index (χ2v) is 8.97. The second kappa shape index (κ2) is 11.9. The quantitative estimate of drug-likeness (QED) is 0.717. The first-order chi connectivity index (χ1) is 15.6. The molecule has 1 aliphatic rings. The number of nitrogens with one attached hydrogen (secondary N) is 2. The van der Waals surface area contributed by atoms with E-state index >= 15 is 0 Å². The lowest BCUT2D eigenvalue weighted by Crippen LogP contribution is -2.52. The molecule has 1 aliphatic heterocycles. The molecule has 33 heavy (non-hydrogen) atoms.